The van der Waals surface area contributed by atoms with Crippen LogP contribution >= 0.6 is 11.3 Å². The van der Waals surface area contributed by atoms with Gasteiger partial charge in [0.15, 0.2) is 0 Å². The Hall–Kier alpha value is -0.910. The number of piperidine rings is 1. The van der Waals surface area contributed by atoms with E-state index >= 15 is 0 Å². The molecule has 1 saturated heterocycles. The molecule has 20 heavy (non-hydrogen) atoms. The molecule has 0 aliphatic carbocycles. The zero-order valence-corrected chi connectivity index (χ0v) is 13.0. The Kier molecular flexibility index (Phi) is 6.50. The molecule has 0 atom stereocenters. The summed E-state index contributed by atoms with van der Waals surface area (Å²) in [5, 5.41) is 5.06. The number of ether oxygens (including phenoxy) is 1. The van der Waals surface area contributed by atoms with Gasteiger partial charge in [-0.2, -0.15) is 0 Å². The summed E-state index contributed by atoms with van der Waals surface area (Å²) in [5.74, 6) is 0.721. The van der Waals surface area contributed by atoms with Crippen molar-refractivity contribution in [2.45, 2.75) is 25.7 Å². The van der Waals surface area contributed by atoms with Gasteiger partial charge in [-0.05, 0) is 50.2 Å². The molecule has 1 aliphatic heterocycles. The summed E-state index contributed by atoms with van der Waals surface area (Å²) in [6, 6.07) is 4.39. The van der Waals surface area contributed by atoms with E-state index in [0.29, 0.717) is 6.61 Å². The van der Waals surface area contributed by atoms with E-state index in [1.807, 2.05) is 18.3 Å². The average molecular weight is 296 g/mol. The fourth-order valence-corrected chi connectivity index (χ4v) is 3.46. The highest BCUT2D eigenvalue weighted by Gasteiger charge is 2.20. The number of nitrogens with zero attached hydrogens (tertiary/aromatic N) is 1. The van der Waals surface area contributed by atoms with Gasteiger partial charge in [0.1, 0.15) is 6.61 Å². The van der Waals surface area contributed by atoms with Gasteiger partial charge in [-0.3, -0.25) is 4.79 Å². The molecule has 1 aromatic rings. The first-order valence-electron chi connectivity index (χ1n) is 7.39. The van der Waals surface area contributed by atoms with Gasteiger partial charge in [0.25, 0.3) is 0 Å². The smallest absolute Gasteiger partial charge is 0.246 e. The lowest BCUT2D eigenvalue weighted by Gasteiger charge is -2.31. The van der Waals surface area contributed by atoms with Crippen molar-refractivity contribution in [2.75, 3.05) is 39.4 Å². The van der Waals surface area contributed by atoms with Crippen LogP contribution in [0.1, 0.15) is 30.6 Å². The highest BCUT2D eigenvalue weighted by Crippen LogP contribution is 2.30. The van der Waals surface area contributed by atoms with Crippen molar-refractivity contribution in [3.05, 3.63) is 22.4 Å². The number of carbonyl (C=O) groups is 1. The zero-order valence-electron chi connectivity index (χ0n) is 12.1. The van der Waals surface area contributed by atoms with Crippen molar-refractivity contribution in [1.29, 1.82) is 0 Å². The lowest BCUT2D eigenvalue weighted by Crippen LogP contribution is -2.39. The largest absolute Gasteiger partial charge is 0.372 e. The third-order valence-corrected chi connectivity index (χ3v) is 4.76. The van der Waals surface area contributed by atoms with Crippen LogP contribution in [-0.4, -0.2) is 50.2 Å². The van der Waals surface area contributed by atoms with Gasteiger partial charge in [0.2, 0.25) is 5.91 Å². The Balaban J connectivity index is 1.59. The molecule has 0 spiro atoms. The second-order valence-corrected chi connectivity index (χ2v) is 6.10. The Morgan fingerprint density at radius 2 is 2.30 bits per heavy atom. The second kappa shape index (κ2) is 8.39. The summed E-state index contributed by atoms with van der Waals surface area (Å²) < 4.78 is 5.07. The molecule has 1 aromatic heterocycles. The molecular formula is C15H24N2O2S. The van der Waals surface area contributed by atoms with Crippen LogP contribution in [0.25, 0.3) is 0 Å². The van der Waals surface area contributed by atoms with Crippen LogP contribution in [0.15, 0.2) is 17.5 Å². The third-order valence-electron chi connectivity index (χ3n) is 3.72. The first kappa shape index (κ1) is 15.5. The van der Waals surface area contributed by atoms with Gasteiger partial charge in [-0.1, -0.05) is 6.07 Å². The van der Waals surface area contributed by atoms with E-state index in [2.05, 4.69) is 27.7 Å². The summed E-state index contributed by atoms with van der Waals surface area (Å²) in [6.45, 7) is 6.57. The highest BCUT2D eigenvalue weighted by molar-refractivity contribution is 7.10. The molecule has 1 N–H and O–H groups in total. The number of rotatable bonds is 7. The van der Waals surface area contributed by atoms with Crippen LogP contribution in [0.2, 0.25) is 0 Å². The van der Waals surface area contributed by atoms with Gasteiger partial charge < -0.3 is 15.0 Å². The molecule has 0 unspecified atom stereocenters. The normalized spacial score (nSPS) is 17.2. The molecule has 0 radical (unpaired) electrons. The van der Waals surface area contributed by atoms with Crippen molar-refractivity contribution >= 4 is 17.2 Å². The number of amides is 1. The fourth-order valence-electron chi connectivity index (χ4n) is 2.56. The molecule has 112 valence electrons. The Morgan fingerprint density at radius 3 is 2.95 bits per heavy atom. The summed E-state index contributed by atoms with van der Waals surface area (Å²) >= 11 is 1.87. The number of carbonyl (C=O) groups excluding carboxylic acids is 1. The van der Waals surface area contributed by atoms with Gasteiger partial charge in [-0.15, -0.1) is 11.3 Å². The predicted octanol–water partition coefficient (Wildman–Crippen LogP) is 2.08. The first-order valence-corrected chi connectivity index (χ1v) is 8.27. The second-order valence-electron chi connectivity index (χ2n) is 5.12. The maximum atomic E-state index is 11.4. The van der Waals surface area contributed by atoms with Gasteiger partial charge in [-0.25, -0.2) is 0 Å². The number of likely N-dealkylation sites (tertiary alicyclic amines) is 1. The van der Waals surface area contributed by atoms with Crippen molar-refractivity contribution in [3.8, 4) is 0 Å². The van der Waals surface area contributed by atoms with E-state index in [9.17, 15) is 4.79 Å². The number of hydrogen-bond donors (Lipinski definition) is 1. The molecule has 1 aliphatic rings. The predicted molar refractivity (Wildman–Crippen MR) is 82.2 cm³/mol. The molecule has 1 fully saturated rings. The molecule has 1 amide bonds. The lowest BCUT2D eigenvalue weighted by atomic mass is 9.95. The van der Waals surface area contributed by atoms with Gasteiger partial charge in [0.05, 0.1) is 0 Å². The molecular weight excluding hydrogens is 272 g/mol. The van der Waals surface area contributed by atoms with Crippen molar-refractivity contribution in [3.63, 3.8) is 0 Å². The van der Waals surface area contributed by atoms with E-state index in [-0.39, 0.29) is 12.5 Å². The van der Waals surface area contributed by atoms with E-state index in [4.69, 9.17) is 4.74 Å². The maximum absolute atomic E-state index is 11.4. The zero-order chi connectivity index (χ0) is 14.2. The van der Waals surface area contributed by atoms with E-state index in [0.717, 1.165) is 32.1 Å². The minimum Gasteiger partial charge on any atom is -0.372 e. The summed E-state index contributed by atoms with van der Waals surface area (Å²) in [6.07, 6.45) is 2.46. The van der Waals surface area contributed by atoms with Crippen LogP contribution in [0.5, 0.6) is 0 Å². The summed E-state index contributed by atoms with van der Waals surface area (Å²) in [4.78, 5) is 15.4. The number of hydrogen-bond acceptors (Lipinski definition) is 4. The molecule has 5 heteroatoms. The van der Waals surface area contributed by atoms with Crippen LogP contribution in [-0.2, 0) is 9.53 Å². The minimum absolute atomic E-state index is 0.0136. The summed E-state index contributed by atoms with van der Waals surface area (Å²) in [7, 11) is 0. The first-order chi connectivity index (χ1) is 9.79. The average Bonchev–Trinajstić information content (AvgIpc) is 3.00. The fraction of sp³-hybridized carbons (Fsp3) is 0.667. The quantitative estimate of drug-likeness (QED) is 0.837. The van der Waals surface area contributed by atoms with Crippen LogP contribution in [0.4, 0.5) is 0 Å². The minimum atomic E-state index is -0.0136. The van der Waals surface area contributed by atoms with Crippen molar-refractivity contribution < 1.29 is 9.53 Å². The molecule has 2 heterocycles. The maximum Gasteiger partial charge on any atom is 0.246 e. The van der Waals surface area contributed by atoms with E-state index < -0.39 is 0 Å². The number of nitrogens with one attached hydrogen (secondary N) is 1. The molecule has 2 rings (SSSR count). The van der Waals surface area contributed by atoms with Crippen molar-refractivity contribution in [2.24, 2.45) is 0 Å². The van der Waals surface area contributed by atoms with Crippen LogP contribution in [0.3, 0.4) is 0 Å². The van der Waals surface area contributed by atoms with Crippen LogP contribution < -0.4 is 5.32 Å². The van der Waals surface area contributed by atoms with Gasteiger partial charge >= 0.3 is 0 Å². The monoisotopic (exact) mass is 296 g/mol. The third kappa shape index (κ3) is 4.89. The Bertz CT molecular complexity index is 387. The van der Waals surface area contributed by atoms with Crippen molar-refractivity contribution in [1.82, 2.24) is 10.2 Å². The molecule has 0 aromatic carbocycles. The molecule has 4 nitrogen and oxygen atoms in total. The standard InChI is InChI=1S/C15H24N2O2S/c1-2-19-12-15(18)16-7-10-17-8-5-13(6-9-17)14-4-3-11-20-14/h3-4,11,13H,2,5-10,12H2,1H3,(H,16,18). The highest BCUT2D eigenvalue weighted by atomic mass is 32.1. The SMILES string of the molecule is CCOCC(=O)NCCN1CCC(c2cccs2)CC1. The van der Waals surface area contributed by atoms with Crippen LogP contribution in [0, 0.1) is 0 Å². The Morgan fingerprint density at radius 1 is 1.50 bits per heavy atom. The van der Waals surface area contributed by atoms with E-state index in [1.165, 1.54) is 17.7 Å². The lowest BCUT2D eigenvalue weighted by molar-refractivity contribution is -0.125. The van der Waals surface area contributed by atoms with E-state index in [1.54, 1.807) is 0 Å². The topological polar surface area (TPSA) is 41.6 Å². The molecule has 0 bridgehead atoms. The van der Waals surface area contributed by atoms with Gasteiger partial charge in [0, 0.05) is 24.6 Å². The Labute approximate surface area is 125 Å². The molecule has 0 saturated carbocycles. The number of thiophene rings is 1. The summed E-state index contributed by atoms with van der Waals surface area (Å²) in [5.41, 5.74) is 0.